The number of carbonyl (C=O) groups is 1. The number of rotatable bonds is 2. The molecule has 0 rings (SSSR count). The highest BCUT2D eigenvalue weighted by Gasteiger charge is 2.16. The molecule has 2 nitrogen and oxygen atoms in total. The predicted octanol–water partition coefficient (Wildman–Crippen LogP) is 0.706. The second-order valence-corrected chi connectivity index (χ2v) is 2.64. The molecule has 0 aromatic carbocycles. The van der Waals surface area contributed by atoms with Crippen LogP contribution in [0, 0.1) is 0 Å². The van der Waals surface area contributed by atoms with E-state index in [2.05, 4.69) is 0 Å². The van der Waals surface area contributed by atoms with Crippen LogP contribution in [-0.2, 0) is 4.79 Å². The second-order valence-electron chi connectivity index (χ2n) is 1.48. The van der Waals surface area contributed by atoms with Gasteiger partial charge in [-0.15, -0.1) is 23.2 Å². The molecule has 0 aromatic heterocycles. The predicted molar refractivity (Wildman–Crippen MR) is 34.2 cm³/mol. The van der Waals surface area contributed by atoms with E-state index in [0.717, 1.165) is 0 Å². The van der Waals surface area contributed by atoms with Gasteiger partial charge in [0, 0.05) is 0 Å². The summed E-state index contributed by atoms with van der Waals surface area (Å²) >= 11 is 10.7. The van der Waals surface area contributed by atoms with Gasteiger partial charge < -0.3 is 5.73 Å². The lowest BCUT2D eigenvalue weighted by atomic mass is 10.3. The summed E-state index contributed by atoms with van der Waals surface area (Å²) in [6.45, 7) is 1.62. The van der Waals surface area contributed by atoms with Gasteiger partial charge >= 0.3 is 0 Å². The summed E-state index contributed by atoms with van der Waals surface area (Å²) < 4.78 is 0. The Morgan fingerprint density at radius 3 is 2.00 bits per heavy atom. The monoisotopic (exact) mass is 155 g/mol. The van der Waals surface area contributed by atoms with Crippen molar-refractivity contribution in [3.05, 3.63) is 0 Å². The van der Waals surface area contributed by atoms with Crippen molar-refractivity contribution >= 4 is 29.1 Å². The van der Waals surface area contributed by atoms with Crippen LogP contribution in [0.3, 0.4) is 0 Å². The van der Waals surface area contributed by atoms with Gasteiger partial charge in [-0.3, -0.25) is 4.79 Å². The highest BCUT2D eigenvalue weighted by Crippen LogP contribution is 2.07. The van der Waals surface area contributed by atoms with E-state index in [1.54, 1.807) is 6.92 Å². The van der Waals surface area contributed by atoms with Gasteiger partial charge in [0.2, 0.25) is 5.91 Å². The molecule has 0 aromatic rings. The Hall–Kier alpha value is 0.0500. The van der Waals surface area contributed by atoms with E-state index < -0.39 is 16.7 Å². The highest BCUT2D eigenvalue weighted by atomic mass is 35.5. The minimum absolute atomic E-state index is 0.394. The van der Waals surface area contributed by atoms with Crippen LogP contribution in [0.25, 0.3) is 0 Å². The molecule has 2 atom stereocenters. The third kappa shape index (κ3) is 2.38. The summed E-state index contributed by atoms with van der Waals surface area (Å²) in [5.41, 5.74) is 4.78. The number of alkyl halides is 2. The summed E-state index contributed by atoms with van der Waals surface area (Å²) in [4.78, 5) is 10.1. The quantitative estimate of drug-likeness (QED) is 0.587. The van der Waals surface area contributed by atoms with Gasteiger partial charge in [0.05, 0.1) is 5.38 Å². The molecule has 48 valence electrons. The van der Waals surface area contributed by atoms with E-state index in [1.165, 1.54) is 0 Å². The van der Waals surface area contributed by atoms with Crippen LogP contribution < -0.4 is 5.73 Å². The van der Waals surface area contributed by atoms with E-state index in [1.807, 2.05) is 0 Å². The summed E-state index contributed by atoms with van der Waals surface area (Å²) in [6.07, 6.45) is 0. The maximum absolute atomic E-state index is 10.1. The van der Waals surface area contributed by atoms with E-state index >= 15 is 0 Å². The first-order valence-electron chi connectivity index (χ1n) is 2.13. The average molecular weight is 156 g/mol. The summed E-state index contributed by atoms with van der Waals surface area (Å²) in [5.74, 6) is -0.575. The first-order chi connectivity index (χ1) is 3.55. The lowest BCUT2D eigenvalue weighted by Crippen LogP contribution is -2.29. The highest BCUT2D eigenvalue weighted by molar-refractivity contribution is 6.37. The van der Waals surface area contributed by atoms with Gasteiger partial charge in [-0.05, 0) is 6.92 Å². The molecule has 2 N–H and O–H groups in total. The van der Waals surface area contributed by atoms with Crippen molar-refractivity contribution in [2.45, 2.75) is 17.7 Å². The molecule has 0 fully saturated rings. The molecule has 0 saturated heterocycles. The van der Waals surface area contributed by atoms with E-state index in [4.69, 9.17) is 28.9 Å². The Labute approximate surface area is 57.9 Å². The second kappa shape index (κ2) is 3.15. The molecular weight excluding hydrogens is 149 g/mol. The minimum Gasteiger partial charge on any atom is -0.368 e. The molecule has 4 heteroatoms. The Balaban J connectivity index is 3.64. The molecule has 1 amide bonds. The largest absolute Gasteiger partial charge is 0.368 e. The third-order valence-electron chi connectivity index (χ3n) is 0.675. The van der Waals surface area contributed by atoms with E-state index in [9.17, 15) is 4.79 Å². The molecule has 0 aliphatic heterocycles. The van der Waals surface area contributed by atoms with Crippen molar-refractivity contribution in [3.63, 3.8) is 0 Å². The molecule has 0 spiro atoms. The van der Waals surface area contributed by atoms with Crippen molar-refractivity contribution in [2.24, 2.45) is 5.73 Å². The van der Waals surface area contributed by atoms with Crippen LogP contribution in [0.4, 0.5) is 0 Å². The zero-order valence-corrected chi connectivity index (χ0v) is 5.91. The fourth-order valence-electron chi connectivity index (χ4n) is 0.226. The third-order valence-corrected chi connectivity index (χ3v) is 1.65. The maximum atomic E-state index is 10.1. The van der Waals surface area contributed by atoms with Crippen molar-refractivity contribution in [1.29, 1.82) is 0 Å². The van der Waals surface area contributed by atoms with Gasteiger partial charge in [0.25, 0.3) is 0 Å². The molecule has 0 aliphatic carbocycles. The van der Waals surface area contributed by atoms with Crippen LogP contribution in [0.2, 0.25) is 0 Å². The molecule has 0 heterocycles. The van der Waals surface area contributed by atoms with Crippen LogP contribution in [-0.4, -0.2) is 16.7 Å². The lowest BCUT2D eigenvalue weighted by Gasteiger charge is -2.04. The van der Waals surface area contributed by atoms with Crippen molar-refractivity contribution in [2.75, 3.05) is 0 Å². The number of hydrogen-bond acceptors (Lipinski definition) is 1. The molecular formula is C4H7Cl2NO. The Kier molecular flexibility index (Phi) is 3.17. The molecule has 0 radical (unpaired) electrons. The summed E-state index contributed by atoms with van der Waals surface area (Å²) in [7, 11) is 0. The zero-order chi connectivity index (χ0) is 6.73. The number of amides is 1. The normalized spacial score (nSPS) is 17.4. The zero-order valence-electron chi connectivity index (χ0n) is 4.40. The van der Waals surface area contributed by atoms with Crippen molar-refractivity contribution < 1.29 is 4.79 Å². The Morgan fingerprint density at radius 1 is 1.62 bits per heavy atom. The number of primary amides is 1. The summed E-state index contributed by atoms with van der Waals surface area (Å²) in [5, 5.41) is -1.15. The van der Waals surface area contributed by atoms with Gasteiger partial charge in [0.1, 0.15) is 5.38 Å². The van der Waals surface area contributed by atoms with Crippen LogP contribution >= 0.6 is 23.2 Å². The first-order valence-corrected chi connectivity index (χ1v) is 3.00. The van der Waals surface area contributed by atoms with Crippen molar-refractivity contribution in [3.8, 4) is 0 Å². The van der Waals surface area contributed by atoms with Gasteiger partial charge in [-0.1, -0.05) is 0 Å². The van der Waals surface area contributed by atoms with E-state index in [-0.39, 0.29) is 0 Å². The van der Waals surface area contributed by atoms with Gasteiger partial charge in [0.15, 0.2) is 0 Å². The fraction of sp³-hybridized carbons (Fsp3) is 0.750. The van der Waals surface area contributed by atoms with Gasteiger partial charge in [-0.25, -0.2) is 0 Å². The first kappa shape index (κ1) is 8.05. The van der Waals surface area contributed by atoms with Crippen molar-refractivity contribution in [1.82, 2.24) is 0 Å². The van der Waals surface area contributed by atoms with Crippen LogP contribution in [0.1, 0.15) is 6.92 Å². The number of halogens is 2. The van der Waals surface area contributed by atoms with Crippen LogP contribution in [0.5, 0.6) is 0 Å². The number of nitrogens with two attached hydrogens (primary N) is 1. The average Bonchev–Trinajstić information content (AvgIpc) is 1.64. The van der Waals surface area contributed by atoms with Gasteiger partial charge in [-0.2, -0.15) is 0 Å². The molecule has 0 bridgehead atoms. The number of hydrogen-bond donors (Lipinski definition) is 1. The molecule has 8 heavy (non-hydrogen) atoms. The Morgan fingerprint density at radius 2 is 2.00 bits per heavy atom. The SMILES string of the molecule is C[C@H](Cl)[C@@H](Cl)C(N)=O. The summed E-state index contributed by atoms with van der Waals surface area (Å²) in [6, 6.07) is 0. The number of carbonyl (C=O) groups excluding carboxylic acids is 1. The Bertz CT molecular complexity index is 94.0. The molecule has 0 aliphatic rings. The van der Waals surface area contributed by atoms with Crippen LogP contribution in [0.15, 0.2) is 0 Å². The standard InChI is InChI=1S/C4H7Cl2NO/c1-2(5)3(6)4(7)8/h2-3H,1H3,(H2,7,8)/t2-,3+/m0/s1. The fourth-order valence-corrected chi connectivity index (χ4v) is 0.351. The maximum Gasteiger partial charge on any atom is 0.236 e. The van der Waals surface area contributed by atoms with E-state index in [0.29, 0.717) is 0 Å². The minimum atomic E-state index is -0.753. The lowest BCUT2D eigenvalue weighted by molar-refractivity contribution is -0.117. The smallest absolute Gasteiger partial charge is 0.236 e. The molecule has 0 unspecified atom stereocenters. The topological polar surface area (TPSA) is 43.1 Å². The molecule has 0 saturated carbocycles.